The molecule has 162 valence electrons. The average molecular weight is 418 g/mol. The van der Waals surface area contributed by atoms with E-state index >= 15 is 0 Å². The third-order valence-corrected chi connectivity index (χ3v) is 4.85. The van der Waals surface area contributed by atoms with Crippen LogP contribution in [0.1, 0.15) is 44.6 Å². The van der Waals surface area contributed by atoms with E-state index in [-0.39, 0.29) is 0 Å². The number of azo groups is 1. The number of benzene rings is 2. The molecular weight excluding hydrogens is 386 g/mol. The number of aromatic nitrogens is 1. The van der Waals surface area contributed by atoms with E-state index in [4.69, 9.17) is 9.47 Å². The van der Waals surface area contributed by atoms with Gasteiger partial charge in [-0.15, -0.1) is 0 Å². The second kappa shape index (κ2) is 13.2. The number of rotatable bonds is 13. The lowest BCUT2D eigenvalue weighted by atomic mass is 10.1. The van der Waals surface area contributed by atoms with Crippen LogP contribution < -0.4 is 9.47 Å². The normalized spacial score (nSPS) is 11.0. The molecule has 5 nitrogen and oxygen atoms in total. The average Bonchev–Trinajstić information content (AvgIpc) is 2.83. The Morgan fingerprint density at radius 1 is 0.645 bits per heavy atom. The van der Waals surface area contributed by atoms with E-state index in [0.717, 1.165) is 48.6 Å². The van der Waals surface area contributed by atoms with E-state index in [1.807, 2.05) is 48.5 Å². The molecule has 0 aliphatic heterocycles. The maximum atomic E-state index is 5.81. The maximum Gasteiger partial charge on any atom is 0.122 e. The van der Waals surface area contributed by atoms with Crippen LogP contribution in [0.25, 0.3) is 0 Å². The summed E-state index contributed by atoms with van der Waals surface area (Å²) in [5, 5.41) is 8.64. The van der Waals surface area contributed by atoms with Gasteiger partial charge in [0.25, 0.3) is 0 Å². The van der Waals surface area contributed by atoms with Crippen molar-refractivity contribution < 1.29 is 9.47 Å². The predicted octanol–water partition coefficient (Wildman–Crippen LogP) is 7.47. The number of pyridine rings is 1. The highest BCUT2D eigenvalue weighted by Crippen LogP contribution is 2.22. The van der Waals surface area contributed by atoms with Crippen LogP contribution in [0.4, 0.5) is 11.4 Å². The Bertz CT molecular complexity index is 894. The maximum absolute atomic E-state index is 5.81. The van der Waals surface area contributed by atoms with Crippen LogP contribution in [-0.2, 0) is 6.42 Å². The van der Waals surface area contributed by atoms with E-state index in [1.165, 1.54) is 18.4 Å². The molecular formula is C26H31N3O2. The number of hydrogen-bond donors (Lipinski definition) is 0. The van der Waals surface area contributed by atoms with Gasteiger partial charge in [0.05, 0.1) is 24.6 Å². The third kappa shape index (κ3) is 8.59. The Morgan fingerprint density at radius 2 is 1.19 bits per heavy atom. The van der Waals surface area contributed by atoms with Crippen LogP contribution in [0.3, 0.4) is 0 Å². The van der Waals surface area contributed by atoms with Crippen LogP contribution in [0, 0.1) is 0 Å². The molecule has 0 saturated heterocycles. The predicted molar refractivity (Wildman–Crippen MR) is 125 cm³/mol. The van der Waals surface area contributed by atoms with Gasteiger partial charge >= 0.3 is 0 Å². The topological polar surface area (TPSA) is 56.1 Å². The van der Waals surface area contributed by atoms with Crippen molar-refractivity contribution in [3.05, 3.63) is 78.6 Å². The molecule has 0 unspecified atom stereocenters. The Hall–Kier alpha value is -3.21. The molecule has 0 aliphatic rings. The van der Waals surface area contributed by atoms with Crippen molar-refractivity contribution in [1.82, 2.24) is 4.98 Å². The smallest absolute Gasteiger partial charge is 0.122 e. The Balaban J connectivity index is 1.32. The molecule has 5 heteroatoms. The summed E-state index contributed by atoms with van der Waals surface area (Å²) < 4.78 is 11.5. The molecule has 0 radical (unpaired) electrons. The Labute approximate surface area is 185 Å². The first-order chi connectivity index (χ1) is 15.3. The summed E-state index contributed by atoms with van der Waals surface area (Å²) >= 11 is 0. The molecule has 2 aromatic carbocycles. The van der Waals surface area contributed by atoms with Gasteiger partial charge in [-0.1, -0.05) is 25.5 Å². The molecule has 0 atom stereocenters. The number of nitrogens with zero attached hydrogens (tertiary/aromatic N) is 3. The Kier molecular flexibility index (Phi) is 9.54. The van der Waals surface area contributed by atoms with Crippen LogP contribution in [0.2, 0.25) is 0 Å². The second-order valence-corrected chi connectivity index (χ2v) is 7.40. The number of aryl methyl sites for hydroxylation is 1. The van der Waals surface area contributed by atoms with Gasteiger partial charge in [0, 0.05) is 12.4 Å². The van der Waals surface area contributed by atoms with Crippen molar-refractivity contribution in [1.29, 1.82) is 0 Å². The summed E-state index contributed by atoms with van der Waals surface area (Å²) in [7, 11) is 0. The van der Waals surface area contributed by atoms with Crippen LogP contribution in [0.5, 0.6) is 11.5 Å². The van der Waals surface area contributed by atoms with Crippen LogP contribution >= 0.6 is 0 Å². The minimum atomic E-state index is 0.695. The van der Waals surface area contributed by atoms with Gasteiger partial charge < -0.3 is 9.47 Å². The summed E-state index contributed by atoms with van der Waals surface area (Å²) in [4.78, 5) is 3.98. The summed E-state index contributed by atoms with van der Waals surface area (Å²) in [5.41, 5.74) is 3.03. The third-order valence-electron chi connectivity index (χ3n) is 4.85. The molecule has 0 bridgehead atoms. The molecule has 0 spiro atoms. The van der Waals surface area contributed by atoms with Gasteiger partial charge in [-0.3, -0.25) is 4.98 Å². The van der Waals surface area contributed by atoms with E-state index < -0.39 is 0 Å². The number of unbranched alkanes of at least 4 members (excludes halogenated alkanes) is 3. The highest BCUT2D eigenvalue weighted by Gasteiger charge is 1.98. The fourth-order valence-electron chi connectivity index (χ4n) is 3.03. The second-order valence-electron chi connectivity index (χ2n) is 7.40. The van der Waals surface area contributed by atoms with Crippen molar-refractivity contribution in [3.8, 4) is 11.5 Å². The van der Waals surface area contributed by atoms with Gasteiger partial charge in [0.1, 0.15) is 11.5 Å². The minimum absolute atomic E-state index is 0.695. The molecule has 0 aliphatic carbocycles. The monoisotopic (exact) mass is 417 g/mol. The van der Waals surface area contributed by atoms with Crippen molar-refractivity contribution in [2.75, 3.05) is 13.2 Å². The summed E-state index contributed by atoms with van der Waals surface area (Å²) in [6, 6.07) is 19.8. The lowest BCUT2D eigenvalue weighted by molar-refractivity contribution is 0.279. The van der Waals surface area contributed by atoms with Crippen LogP contribution in [-0.4, -0.2) is 18.2 Å². The largest absolute Gasteiger partial charge is 0.494 e. The van der Waals surface area contributed by atoms with E-state index in [0.29, 0.717) is 13.2 Å². The lowest BCUT2D eigenvalue weighted by Gasteiger charge is -2.07. The molecule has 3 rings (SSSR count). The molecule has 3 aromatic rings. The summed E-state index contributed by atoms with van der Waals surface area (Å²) in [6.07, 6.45) is 10.1. The highest BCUT2D eigenvalue weighted by molar-refractivity contribution is 5.43. The highest BCUT2D eigenvalue weighted by atomic mass is 16.5. The van der Waals surface area contributed by atoms with E-state index in [2.05, 4.69) is 34.3 Å². The van der Waals surface area contributed by atoms with Crippen molar-refractivity contribution >= 4 is 11.4 Å². The summed E-state index contributed by atoms with van der Waals surface area (Å²) in [6.45, 7) is 3.62. The van der Waals surface area contributed by atoms with Gasteiger partial charge in [0.15, 0.2) is 0 Å². The van der Waals surface area contributed by atoms with Gasteiger partial charge in [-0.25, -0.2) is 0 Å². The van der Waals surface area contributed by atoms with Crippen molar-refractivity contribution in [2.24, 2.45) is 10.2 Å². The minimum Gasteiger partial charge on any atom is -0.494 e. The zero-order chi connectivity index (χ0) is 21.6. The van der Waals surface area contributed by atoms with Gasteiger partial charge in [0.2, 0.25) is 0 Å². The quantitative estimate of drug-likeness (QED) is 0.214. The molecule has 1 aromatic heterocycles. The standard InChI is InChI=1S/C26H31N3O2/c1-2-3-7-22-8-10-23(11-9-22)28-29-24-12-14-25(15-13-24)30-20-5-4-6-21-31-26-16-18-27-19-17-26/h8-19H,2-7,20-21H2,1H3. The first-order valence-electron chi connectivity index (χ1n) is 11.1. The lowest BCUT2D eigenvalue weighted by Crippen LogP contribution is -2.00. The number of hydrogen-bond acceptors (Lipinski definition) is 5. The molecule has 31 heavy (non-hydrogen) atoms. The van der Waals surface area contributed by atoms with Crippen molar-refractivity contribution in [2.45, 2.75) is 45.4 Å². The molecule has 0 fully saturated rings. The van der Waals surface area contributed by atoms with E-state index in [9.17, 15) is 0 Å². The first-order valence-corrected chi connectivity index (χ1v) is 11.1. The molecule has 0 amide bonds. The van der Waals surface area contributed by atoms with Crippen molar-refractivity contribution in [3.63, 3.8) is 0 Å². The summed E-state index contributed by atoms with van der Waals surface area (Å²) in [5.74, 6) is 1.72. The fraction of sp³-hybridized carbons (Fsp3) is 0.346. The zero-order valence-electron chi connectivity index (χ0n) is 18.2. The fourth-order valence-corrected chi connectivity index (χ4v) is 3.03. The van der Waals surface area contributed by atoms with Crippen LogP contribution in [0.15, 0.2) is 83.3 Å². The van der Waals surface area contributed by atoms with E-state index in [1.54, 1.807) is 12.4 Å². The Morgan fingerprint density at radius 3 is 1.77 bits per heavy atom. The van der Waals surface area contributed by atoms with Gasteiger partial charge in [-0.2, -0.15) is 10.2 Å². The SMILES string of the molecule is CCCCc1ccc(N=Nc2ccc(OCCCCCOc3ccncc3)cc2)cc1. The molecule has 0 N–H and O–H groups in total. The zero-order valence-corrected chi connectivity index (χ0v) is 18.2. The first kappa shape index (κ1) is 22.5. The van der Waals surface area contributed by atoms with Gasteiger partial charge in [-0.05, 0) is 86.2 Å². The molecule has 0 saturated carbocycles. The molecule has 1 heterocycles. The number of ether oxygens (including phenoxy) is 2.